The van der Waals surface area contributed by atoms with Gasteiger partial charge in [0.25, 0.3) is 5.56 Å². The SMILES string of the molecule is N#CCc1cc2c(n(C3CCCCC3)c1=O)CCCC2. The molecule has 0 saturated heterocycles. The van der Waals surface area contributed by atoms with Gasteiger partial charge in [-0.25, -0.2) is 0 Å². The largest absolute Gasteiger partial charge is 0.309 e. The molecule has 1 heterocycles. The maximum absolute atomic E-state index is 12.7. The Morgan fingerprint density at radius 2 is 1.90 bits per heavy atom. The molecule has 0 aliphatic heterocycles. The van der Waals surface area contributed by atoms with Crippen molar-refractivity contribution in [2.24, 2.45) is 0 Å². The van der Waals surface area contributed by atoms with Crippen LogP contribution in [0.25, 0.3) is 0 Å². The molecular weight excluding hydrogens is 248 g/mol. The molecule has 3 rings (SSSR count). The number of hydrogen-bond donors (Lipinski definition) is 0. The molecule has 0 amide bonds. The van der Waals surface area contributed by atoms with Crippen LogP contribution in [0.1, 0.15) is 67.8 Å². The molecule has 0 aromatic carbocycles. The summed E-state index contributed by atoms with van der Waals surface area (Å²) in [6.07, 6.45) is 10.8. The molecule has 1 aromatic rings. The molecule has 3 nitrogen and oxygen atoms in total. The van der Waals surface area contributed by atoms with Crippen molar-refractivity contribution in [2.45, 2.75) is 70.3 Å². The topological polar surface area (TPSA) is 45.8 Å². The van der Waals surface area contributed by atoms with Crippen LogP contribution < -0.4 is 5.56 Å². The second kappa shape index (κ2) is 5.83. The number of nitriles is 1. The lowest BCUT2D eigenvalue weighted by Gasteiger charge is -2.30. The Labute approximate surface area is 120 Å². The summed E-state index contributed by atoms with van der Waals surface area (Å²) in [5.74, 6) is 0. The predicted molar refractivity (Wildman–Crippen MR) is 78.8 cm³/mol. The first-order valence-corrected chi connectivity index (χ1v) is 7.94. The summed E-state index contributed by atoms with van der Waals surface area (Å²) in [5.41, 5.74) is 3.42. The van der Waals surface area contributed by atoms with Crippen LogP contribution in [0.4, 0.5) is 0 Å². The van der Waals surface area contributed by atoms with Crippen LogP contribution in [0.5, 0.6) is 0 Å². The molecule has 0 bridgehead atoms. The van der Waals surface area contributed by atoms with E-state index in [-0.39, 0.29) is 12.0 Å². The number of pyridine rings is 1. The quantitative estimate of drug-likeness (QED) is 0.827. The lowest BCUT2D eigenvalue weighted by atomic mass is 9.90. The van der Waals surface area contributed by atoms with Gasteiger partial charge in [-0.1, -0.05) is 19.3 Å². The van der Waals surface area contributed by atoms with Gasteiger partial charge in [-0.2, -0.15) is 5.26 Å². The molecular formula is C17H22N2O. The average Bonchev–Trinajstić information content (AvgIpc) is 2.49. The number of rotatable bonds is 2. The van der Waals surface area contributed by atoms with Gasteiger partial charge in [0, 0.05) is 17.3 Å². The molecule has 0 unspecified atom stereocenters. The minimum Gasteiger partial charge on any atom is -0.309 e. The standard InChI is InChI=1S/C17H22N2O/c18-11-10-14-12-13-6-4-5-9-16(13)19(17(14)20)15-7-2-1-3-8-15/h12,15H,1-10H2. The van der Waals surface area contributed by atoms with Gasteiger partial charge < -0.3 is 4.57 Å². The fourth-order valence-corrected chi connectivity index (χ4v) is 3.83. The summed E-state index contributed by atoms with van der Waals surface area (Å²) < 4.78 is 2.08. The van der Waals surface area contributed by atoms with E-state index in [9.17, 15) is 4.79 Å². The molecule has 106 valence electrons. The Bertz CT molecular complexity index is 588. The average molecular weight is 270 g/mol. The zero-order chi connectivity index (χ0) is 13.9. The predicted octanol–water partition coefficient (Wildman–Crippen LogP) is 3.30. The Morgan fingerprint density at radius 3 is 2.65 bits per heavy atom. The van der Waals surface area contributed by atoms with Crippen LogP contribution in [0.3, 0.4) is 0 Å². The summed E-state index contributed by atoms with van der Waals surface area (Å²) in [4.78, 5) is 12.7. The highest BCUT2D eigenvalue weighted by atomic mass is 16.1. The summed E-state index contributed by atoms with van der Waals surface area (Å²) in [7, 11) is 0. The molecule has 1 fully saturated rings. The van der Waals surface area contributed by atoms with Crippen molar-refractivity contribution in [3.05, 3.63) is 33.2 Å². The third-order valence-electron chi connectivity index (χ3n) is 4.82. The summed E-state index contributed by atoms with van der Waals surface area (Å²) >= 11 is 0. The van der Waals surface area contributed by atoms with Crippen molar-refractivity contribution in [1.29, 1.82) is 5.26 Å². The second-order valence-electron chi connectivity index (χ2n) is 6.15. The third kappa shape index (κ3) is 2.40. The van der Waals surface area contributed by atoms with Gasteiger partial charge in [0.15, 0.2) is 0 Å². The highest BCUT2D eigenvalue weighted by Gasteiger charge is 2.24. The Balaban J connectivity index is 2.11. The zero-order valence-electron chi connectivity index (χ0n) is 12.0. The molecule has 0 spiro atoms. The fourth-order valence-electron chi connectivity index (χ4n) is 3.83. The normalized spacial score (nSPS) is 19.4. The Kier molecular flexibility index (Phi) is 3.91. The van der Waals surface area contributed by atoms with Crippen LogP contribution in [0, 0.1) is 11.3 Å². The maximum atomic E-state index is 12.7. The van der Waals surface area contributed by atoms with Crippen LogP contribution >= 0.6 is 0 Å². The van der Waals surface area contributed by atoms with Gasteiger partial charge in [0.1, 0.15) is 0 Å². The minimum atomic E-state index is 0.110. The molecule has 1 saturated carbocycles. The molecule has 20 heavy (non-hydrogen) atoms. The van der Waals surface area contributed by atoms with Crippen LogP contribution in [-0.4, -0.2) is 4.57 Å². The molecule has 3 heteroatoms. The third-order valence-corrected chi connectivity index (χ3v) is 4.82. The van der Waals surface area contributed by atoms with Gasteiger partial charge in [-0.15, -0.1) is 0 Å². The van der Waals surface area contributed by atoms with E-state index in [0.717, 1.165) is 25.7 Å². The molecule has 0 radical (unpaired) electrons. The van der Waals surface area contributed by atoms with Crippen LogP contribution in [0.15, 0.2) is 10.9 Å². The number of aromatic nitrogens is 1. The zero-order valence-corrected chi connectivity index (χ0v) is 12.0. The number of fused-ring (bicyclic) bond motifs is 1. The summed E-state index contributed by atoms with van der Waals surface area (Å²) in [6.45, 7) is 0. The van der Waals surface area contributed by atoms with Gasteiger partial charge in [0.05, 0.1) is 12.5 Å². The van der Waals surface area contributed by atoms with Crippen molar-refractivity contribution in [3.8, 4) is 6.07 Å². The van der Waals surface area contributed by atoms with Gasteiger partial charge in [-0.05, 0) is 50.2 Å². The number of nitrogens with zero attached hydrogens (tertiary/aromatic N) is 2. The van der Waals surface area contributed by atoms with E-state index in [0.29, 0.717) is 11.6 Å². The summed E-state index contributed by atoms with van der Waals surface area (Å²) in [6, 6.07) is 4.54. The maximum Gasteiger partial charge on any atom is 0.255 e. The van der Waals surface area contributed by atoms with E-state index < -0.39 is 0 Å². The van der Waals surface area contributed by atoms with Crippen molar-refractivity contribution < 1.29 is 0 Å². The van der Waals surface area contributed by atoms with Crippen molar-refractivity contribution >= 4 is 0 Å². The lowest BCUT2D eigenvalue weighted by Crippen LogP contribution is -2.33. The van der Waals surface area contributed by atoms with E-state index >= 15 is 0 Å². The van der Waals surface area contributed by atoms with E-state index in [1.165, 1.54) is 43.4 Å². The Hall–Kier alpha value is -1.56. The van der Waals surface area contributed by atoms with Gasteiger partial charge in [-0.3, -0.25) is 4.79 Å². The molecule has 0 N–H and O–H groups in total. The number of hydrogen-bond acceptors (Lipinski definition) is 2. The van der Waals surface area contributed by atoms with Gasteiger partial charge >= 0.3 is 0 Å². The van der Waals surface area contributed by atoms with Crippen molar-refractivity contribution in [1.82, 2.24) is 4.57 Å². The van der Waals surface area contributed by atoms with Crippen LogP contribution in [0.2, 0.25) is 0 Å². The first-order valence-electron chi connectivity index (χ1n) is 7.94. The first-order chi connectivity index (χ1) is 9.81. The van der Waals surface area contributed by atoms with Crippen molar-refractivity contribution in [2.75, 3.05) is 0 Å². The summed E-state index contributed by atoms with van der Waals surface area (Å²) in [5, 5.41) is 8.95. The molecule has 2 aliphatic rings. The minimum absolute atomic E-state index is 0.110. The second-order valence-corrected chi connectivity index (χ2v) is 6.15. The van der Waals surface area contributed by atoms with E-state index in [1.54, 1.807) is 0 Å². The first kappa shape index (κ1) is 13.4. The van der Waals surface area contributed by atoms with E-state index in [1.807, 2.05) is 6.07 Å². The lowest BCUT2D eigenvalue weighted by molar-refractivity contribution is 0.334. The molecule has 0 atom stereocenters. The van der Waals surface area contributed by atoms with Gasteiger partial charge in [0.2, 0.25) is 0 Å². The molecule has 1 aromatic heterocycles. The highest BCUT2D eigenvalue weighted by Crippen LogP contribution is 2.31. The smallest absolute Gasteiger partial charge is 0.255 e. The Morgan fingerprint density at radius 1 is 1.15 bits per heavy atom. The van der Waals surface area contributed by atoms with Crippen LogP contribution in [-0.2, 0) is 19.3 Å². The number of aryl methyl sites for hydroxylation is 1. The van der Waals surface area contributed by atoms with Crippen molar-refractivity contribution in [3.63, 3.8) is 0 Å². The monoisotopic (exact) mass is 270 g/mol. The molecule has 2 aliphatic carbocycles. The van der Waals surface area contributed by atoms with E-state index in [4.69, 9.17) is 5.26 Å². The highest BCUT2D eigenvalue weighted by molar-refractivity contribution is 5.31. The van der Waals surface area contributed by atoms with E-state index in [2.05, 4.69) is 10.6 Å². The fraction of sp³-hybridized carbons (Fsp3) is 0.647.